The molecule has 4 nitrogen and oxygen atoms in total. The van der Waals surface area contributed by atoms with Gasteiger partial charge in [-0.15, -0.1) is 0 Å². The summed E-state index contributed by atoms with van der Waals surface area (Å²) in [5, 5.41) is 2.54. The van der Waals surface area contributed by atoms with Crippen LogP contribution in [0.25, 0.3) is 0 Å². The summed E-state index contributed by atoms with van der Waals surface area (Å²) in [6.07, 6.45) is 4.18. The molecule has 1 aromatic rings. The zero-order valence-corrected chi connectivity index (χ0v) is 12.6. The van der Waals surface area contributed by atoms with E-state index in [4.69, 9.17) is 10.7 Å². The highest BCUT2D eigenvalue weighted by Crippen LogP contribution is 2.25. The first-order chi connectivity index (χ1) is 9.79. The van der Waals surface area contributed by atoms with Gasteiger partial charge < -0.3 is 5.32 Å². The molecule has 0 atom stereocenters. The van der Waals surface area contributed by atoms with Gasteiger partial charge in [0.25, 0.3) is 15.0 Å². The maximum Gasteiger partial charge on any atom is 0.264 e. The van der Waals surface area contributed by atoms with E-state index < -0.39 is 37.1 Å². The van der Waals surface area contributed by atoms with Crippen molar-refractivity contribution in [1.82, 2.24) is 5.32 Å². The van der Waals surface area contributed by atoms with Crippen LogP contribution in [0.15, 0.2) is 17.0 Å². The minimum atomic E-state index is -4.39. The van der Waals surface area contributed by atoms with Crippen molar-refractivity contribution >= 4 is 25.6 Å². The van der Waals surface area contributed by atoms with Gasteiger partial charge in [-0.2, -0.15) is 0 Å². The van der Waals surface area contributed by atoms with Gasteiger partial charge in [0, 0.05) is 23.3 Å². The van der Waals surface area contributed by atoms with Crippen molar-refractivity contribution in [2.45, 2.75) is 30.6 Å². The minimum Gasteiger partial charge on any atom is -0.352 e. The summed E-state index contributed by atoms with van der Waals surface area (Å²) in [5.74, 6) is -2.88. The third-order valence-corrected chi connectivity index (χ3v) is 4.89. The van der Waals surface area contributed by atoms with Gasteiger partial charge in [0.1, 0.15) is 16.5 Å². The standard InChI is InChI=1S/C13H14ClF2NO3S/c14-21(19,20)12-5-9(10(15)6-11(12)16)13(18)17-7-8-3-1-2-4-8/h5-6,8H,1-4,7H2,(H,17,18). The van der Waals surface area contributed by atoms with E-state index in [0.29, 0.717) is 24.6 Å². The van der Waals surface area contributed by atoms with Crippen LogP contribution in [0.5, 0.6) is 0 Å². The molecular formula is C13H14ClF2NO3S. The Morgan fingerprint density at radius 2 is 1.86 bits per heavy atom. The number of nitrogens with one attached hydrogen (secondary N) is 1. The third-order valence-electron chi connectivity index (χ3n) is 3.55. The van der Waals surface area contributed by atoms with Gasteiger partial charge in [-0.3, -0.25) is 4.79 Å². The lowest BCUT2D eigenvalue weighted by molar-refractivity contribution is 0.0943. The molecular weight excluding hydrogens is 324 g/mol. The van der Waals surface area contributed by atoms with Gasteiger partial charge in [-0.05, 0) is 24.8 Å². The lowest BCUT2D eigenvalue weighted by atomic mass is 10.1. The number of hydrogen-bond acceptors (Lipinski definition) is 3. The van der Waals surface area contributed by atoms with E-state index in [1.165, 1.54) is 0 Å². The highest BCUT2D eigenvalue weighted by molar-refractivity contribution is 8.13. The van der Waals surface area contributed by atoms with Crippen molar-refractivity contribution in [2.24, 2.45) is 5.92 Å². The number of carbonyl (C=O) groups excluding carboxylic acids is 1. The second-order valence-corrected chi connectivity index (χ2v) is 7.60. The van der Waals surface area contributed by atoms with Crippen LogP contribution in [-0.2, 0) is 9.05 Å². The number of halogens is 3. The van der Waals surface area contributed by atoms with E-state index in [9.17, 15) is 22.0 Å². The molecule has 0 aromatic heterocycles. The monoisotopic (exact) mass is 337 g/mol. The topological polar surface area (TPSA) is 63.2 Å². The van der Waals surface area contributed by atoms with Crippen molar-refractivity contribution in [3.63, 3.8) is 0 Å². The largest absolute Gasteiger partial charge is 0.352 e. The van der Waals surface area contributed by atoms with Gasteiger partial charge in [0.2, 0.25) is 0 Å². The predicted octanol–water partition coefficient (Wildman–Crippen LogP) is 2.81. The summed E-state index contributed by atoms with van der Waals surface area (Å²) in [5.41, 5.74) is -0.534. The zero-order chi connectivity index (χ0) is 15.6. The SMILES string of the molecule is O=C(NCC1CCCC1)c1cc(S(=O)(=O)Cl)c(F)cc1F. The fourth-order valence-corrected chi connectivity index (χ4v) is 3.34. The highest BCUT2D eigenvalue weighted by Gasteiger charge is 2.23. The number of amides is 1. The van der Waals surface area contributed by atoms with Crippen LogP contribution in [0.4, 0.5) is 8.78 Å². The van der Waals surface area contributed by atoms with E-state index in [2.05, 4.69) is 5.32 Å². The van der Waals surface area contributed by atoms with Crippen LogP contribution >= 0.6 is 10.7 Å². The molecule has 0 spiro atoms. The number of carbonyl (C=O) groups is 1. The van der Waals surface area contributed by atoms with Crippen molar-refractivity contribution in [2.75, 3.05) is 6.54 Å². The smallest absolute Gasteiger partial charge is 0.264 e. The summed E-state index contributed by atoms with van der Waals surface area (Å²) in [6, 6.07) is 0.969. The molecule has 116 valence electrons. The summed E-state index contributed by atoms with van der Waals surface area (Å²) >= 11 is 0. The van der Waals surface area contributed by atoms with Gasteiger partial charge in [-0.25, -0.2) is 17.2 Å². The van der Waals surface area contributed by atoms with Crippen LogP contribution in [0.1, 0.15) is 36.0 Å². The summed E-state index contributed by atoms with van der Waals surface area (Å²) in [4.78, 5) is 11.0. The first-order valence-corrected chi connectivity index (χ1v) is 8.82. The fourth-order valence-electron chi connectivity index (χ4n) is 2.44. The molecule has 1 aliphatic carbocycles. The van der Waals surface area contributed by atoms with Crippen LogP contribution in [0.2, 0.25) is 0 Å². The number of rotatable bonds is 4. The molecule has 8 heteroatoms. The molecule has 1 saturated carbocycles. The Balaban J connectivity index is 2.20. The highest BCUT2D eigenvalue weighted by atomic mass is 35.7. The first kappa shape index (κ1) is 16.2. The van der Waals surface area contributed by atoms with Crippen LogP contribution in [0.3, 0.4) is 0 Å². The quantitative estimate of drug-likeness (QED) is 0.859. The first-order valence-electron chi connectivity index (χ1n) is 6.51. The molecule has 0 saturated heterocycles. The lowest BCUT2D eigenvalue weighted by Crippen LogP contribution is -2.29. The number of benzene rings is 1. The van der Waals surface area contributed by atoms with Crippen LogP contribution < -0.4 is 5.32 Å². The fraction of sp³-hybridized carbons (Fsp3) is 0.462. The Morgan fingerprint density at radius 3 is 2.43 bits per heavy atom. The van der Waals surface area contributed by atoms with E-state index in [1.54, 1.807) is 0 Å². The Morgan fingerprint density at radius 1 is 1.24 bits per heavy atom. The van der Waals surface area contributed by atoms with E-state index >= 15 is 0 Å². The van der Waals surface area contributed by atoms with Crippen LogP contribution in [0, 0.1) is 17.6 Å². The Hall–Kier alpha value is -1.21. The molecule has 0 bridgehead atoms. The third kappa shape index (κ3) is 3.91. The van der Waals surface area contributed by atoms with Crippen molar-refractivity contribution < 1.29 is 22.0 Å². The average molecular weight is 338 g/mol. The molecule has 0 unspecified atom stereocenters. The number of hydrogen-bond donors (Lipinski definition) is 1. The van der Waals surface area contributed by atoms with Gasteiger partial charge in [-0.1, -0.05) is 12.8 Å². The second kappa shape index (κ2) is 6.27. The zero-order valence-electron chi connectivity index (χ0n) is 11.0. The van der Waals surface area contributed by atoms with Gasteiger partial charge in [0.05, 0.1) is 5.56 Å². The predicted molar refractivity (Wildman–Crippen MR) is 73.7 cm³/mol. The van der Waals surface area contributed by atoms with Crippen molar-refractivity contribution in [3.8, 4) is 0 Å². The Bertz CT molecular complexity index is 658. The molecule has 1 aromatic carbocycles. The lowest BCUT2D eigenvalue weighted by Gasteiger charge is -2.11. The Kier molecular flexibility index (Phi) is 4.83. The van der Waals surface area contributed by atoms with Crippen molar-refractivity contribution in [1.29, 1.82) is 0 Å². The molecule has 0 aliphatic heterocycles. The van der Waals surface area contributed by atoms with E-state index in [-0.39, 0.29) is 0 Å². The summed E-state index contributed by atoms with van der Waals surface area (Å²) < 4.78 is 49.4. The Labute approximate surface area is 125 Å². The molecule has 0 radical (unpaired) electrons. The molecule has 1 amide bonds. The maximum absolute atomic E-state index is 13.6. The molecule has 1 fully saturated rings. The molecule has 1 aliphatic rings. The maximum atomic E-state index is 13.6. The van der Waals surface area contributed by atoms with Crippen molar-refractivity contribution in [3.05, 3.63) is 29.3 Å². The van der Waals surface area contributed by atoms with Crippen LogP contribution in [-0.4, -0.2) is 20.9 Å². The average Bonchev–Trinajstić information content (AvgIpc) is 2.87. The minimum absolute atomic E-state index is 0.341. The second-order valence-electron chi connectivity index (χ2n) is 5.06. The summed E-state index contributed by atoms with van der Waals surface area (Å²) in [6.45, 7) is 0.388. The normalized spacial score (nSPS) is 16.1. The van der Waals surface area contributed by atoms with Gasteiger partial charge in [0.15, 0.2) is 0 Å². The molecule has 0 heterocycles. The van der Waals surface area contributed by atoms with E-state index in [1.807, 2.05) is 0 Å². The summed E-state index contributed by atoms with van der Waals surface area (Å²) in [7, 11) is 0.665. The van der Waals surface area contributed by atoms with E-state index in [0.717, 1.165) is 25.7 Å². The molecule has 21 heavy (non-hydrogen) atoms. The van der Waals surface area contributed by atoms with Gasteiger partial charge >= 0.3 is 0 Å². The molecule has 2 rings (SSSR count). The molecule has 1 N–H and O–H groups in total.